The molecule has 0 heterocycles. The molecule has 0 saturated carbocycles. The Kier molecular flexibility index (Phi) is 24.7. The summed E-state index contributed by atoms with van der Waals surface area (Å²) in [5.41, 5.74) is 0. The first-order valence-electron chi connectivity index (χ1n) is 2.08. The zero-order valence-electron chi connectivity index (χ0n) is 5.66. The van der Waals surface area contributed by atoms with E-state index in [0.717, 1.165) is 13.8 Å². The molecular weight excluding hydrogens is 138 g/mol. The summed E-state index contributed by atoms with van der Waals surface area (Å²) in [5, 5.41) is 21.1. The molecule has 0 spiro atoms. The van der Waals surface area contributed by atoms with Crippen molar-refractivity contribution >= 4 is 11.9 Å². The molecule has 0 aliphatic heterocycles. The number of carbonyl (C=O) groups is 2. The zero-order valence-corrected chi connectivity index (χ0v) is 5.66. The van der Waals surface area contributed by atoms with Crippen molar-refractivity contribution in [2.45, 2.75) is 13.8 Å². The van der Waals surface area contributed by atoms with E-state index in [0.29, 0.717) is 0 Å². The van der Waals surface area contributed by atoms with E-state index in [-0.39, 0.29) is 0 Å². The Morgan fingerprint density at radius 1 is 1.10 bits per heavy atom. The molecule has 0 aromatic rings. The van der Waals surface area contributed by atoms with Crippen LogP contribution in [0.3, 0.4) is 0 Å². The van der Waals surface area contributed by atoms with Crippen molar-refractivity contribution in [3.8, 4) is 0 Å². The molecule has 0 bridgehead atoms. The predicted molar refractivity (Wildman–Crippen MR) is 31.6 cm³/mol. The summed E-state index contributed by atoms with van der Waals surface area (Å²) in [6, 6.07) is 0. The normalized spacial score (nSPS) is 5.20. The first kappa shape index (κ1) is 15.8. The van der Waals surface area contributed by atoms with Crippen molar-refractivity contribution in [1.29, 1.82) is 5.26 Å². The Balaban J connectivity index is -0.0000000787. The molecule has 0 aliphatic rings. The fourth-order valence-electron chi connectivity index (χ4n) is 0. The molecule has 0 atom stereocenters. The van der Waals surface area contributed by atoms with E-state index in [1.165, 1.54) is 0 Å². The maximum atomic E-state index is 9.00. The Morgan fingerprint density at radius 3 is 1.10 bits per heavy atom. The number of carboxylic acid groups (broad SMARTS) is 2. The first-order valence-corrected chi connectivity index (χ1v) is 2.08. The van der Waals surface area contributed by atoms with Crippen LogP contribution in [0.4, 0.5) is 0 Å². The first-order chi connectivity index (χ1) is 4.46. The minimum atomic E-state index is -0.833. The molecule has 0 amide bonds. The fraction of sp³-hybridized carbons (Fsp3) is 0.400. The number of carboxylic acids is 2. The van der Waals surface area contributed by atoms with E-state index in [9.17, 15) is 0 Å². The van der Waals surface area contributed by atoms with Crippen molar-refractivity contribution in [3.63, 3.8) is 0 Å². The Bertz CT molecular complexity index is 98.1. The minimum Gasteiger partial charge on any atom is -0.512 e. The quantitative estimate of drug-likeness (QED) is 0.478. The highest BCUT2D eigenvalue weighted by Gasteiger charge is 1.65. The number of rotatable bonds is 0. The van der Waals surface area contributed by atoms with Crippen LogP contribution in [0.25, 0.3) is 0 Å². The van der Waals surface area contributed by atoms with Gasteiger partial charge in [0.05, 0.1) is 0 Å². The molecule has 10 heavy (non-hydrogen) atoms. The van der Waals surface area contributed by atoms with E-state index in [1.807, 2.05) is 0 Å². The largest absolute Gasteiger partial charge is 0.512 e. The lowest BCUT2D eigenvalue weighted by molar-refractivity contribution is -0.135. The maximum absolute atomic E-state index is 9.00. The third kappa shape index (κ3) is 76.9. The van der Waals surface area contributed by atoms with Crippen molar-refractivity contribution < 1.29 is 19.8 Å². The molecule has 0 aliphatic carbocycles. The van der Waals surface area contributed by atoms with E-state index in [1.54, 1.807) is 0 Å². The minimum absolute atomic E-state index is 0.833. The van der Waals surface area contributed by atoms with Crippen molar-refractivity contribution in [1.82, 2.24) is 0 Å². The summed E-state index contributed by atoms with van der Waals surface area (Å²) >= 11 is 0. The van der Waals surface area contributed by atoms with Gasteiger partial charge in [-0.2, -0.15) is 0 Å². The molecular formula is C5H8NO4-. The van der Waals surface area contributed by atoms with Gasteiger partial charge >= 0.3 is 0 Å². The molecule has 0 saturated heterocycles. The second-order valence-electron chi connectivity index (χ2n) is 1.04. The summed E-state index contributed by atoms with van der Waals surface area (Å²) in [7, 11) is 0. The maximum Gasteiger partial charge on any atom is 0.300 e. The van der Waals surface area contributed by atoms with E-state index in [4.69, 9.17) is 31.6 Å². The monoisotopic (exact) mass is 146 g/mol. The lowest BCUT2D eigenvalue weighted by atomic mass is 10.9. The molecule has 5 nitrogen and oxygen atoms in total. The predicted octanol–water partition coefficient (Wildman–Crippen LogP) is 0.278. The summed E-state index contributed by atoms with van der Waals surface area (Å²) < 4.78 is 0. The number of aliphatic carboxylic acids is 2. The van der Waals surface area contributed by atoms with Crippen LogP contribution in [-0.4, -0.2) is 22.2 Å². The SMILES string of the molecule is CC(=O)O.CC(=O)O.[C-]#N. The van der Waals surface area contributed by atoms with Gasteiger partial charge in [-0.25, -0.2) is 0 Å². The topological polar surface area (TPSA) is 98.4 Å². The molecule has 0 aromatic carbocycles. The lowest BCUT2D eigenvalue weighted by Crippen LogP contribution is -1.78. The van der Waals surface area contributed by atoms with Crippen LogP contribution in [0.5, 0.6) is 0 Å². The second kappa shape index (κ2) is 15.7. The van der Waals surface area contributed by atoms with Crippen LogP contribution < -0.4 is 0 Å². The van der Waals surface area contributed by atoms with Gasteiger partial charge in [0.2, 0.25) is 0 Å². The van der Waals surface area contributed by atoms with E-state index >= 15 is 0 Å². The number of hydrogen-bond acceptors (Lipinski definition) is 3. The third-order valence-corrected chi connectivity index (χ3v) is 0. The number of hydrogen-bond donors (Lipinski definition) is 2. The highest BCUT2D eigenvalue weighted by molar-refractivity contribution is 5.63. The van der Waals surface area contributed by atoms with Crippen LogP contribution in [0.1, 0.15) is 13.8 Å². The Morgan fingerprint density at radius 2 is 1.10 bits per heavy atom. The molecule has 2 N–H and O–H groups in total. The van der Waals surface area contributed by atoms with Crippen LogP contribution in [0, 0.1) is 11.8 Å². The summed E-state index contributed by atoms with van der Waals surface area (Å²) in [4.78, 5) is 18.0. The second-order valence-corrected chi connectivity index (χ2v) is 1.04. The highest BCUT2D eigenvalue weighted by atomic mass is 16.4. The van der Waals surface area contributed by atoms with E-state index in [2.05, 4.69) is 0 Å². The van der Waals surface area contributed by atoms with Gasteiger partial charge in [-0.05, 0) is 0 Å². The molecule has 0 radical (unpaired) electrons. The van der Waals surface area contributed by atoms with Crippen molar-refractivity contribution in [2.24, 2.45) is 0 Å². The molecule has 5 heteroatoms. The summed E-state index contributed by atoms with van der Waals surface area (Å²) in [5.74, 6) is -1.67. The molecule has 0 unspecified atom stereocenters. The van der Waals surface area contributed by atoms with Crippen molar-refractivity contribution in [2.75, 3.05) is 0 Å². The van der Waals surface area contributed by atoms with Gasteiger partial charge in [-0.3, -0.25) is 9.59 Å². The van der Waals surface area contributed by atoms with Crippen LogP contribution in [-0.2, 0) is 9.59 Å². The average Bonchev–Trinajstić information content (AvgIpc) is 1.66. The van der Waals surface area contributed by atoms with Gasteiger partial charge in [0.1, 0.15) is 0 Å². The summed E-state index contributed by atoms with van der Waals surface area (Å²) in [6.07, 6.45) is 0. The molecule has 58 valence electrons. The van der Waals surface area contributed by atoms with E-state index < -0.39 is 11.9 Å². The standard InChI is InChI=1S/2C2H4O2.CN/c2*1-2(3)4;1-2/h2*1H3,(H,3,4);/q;;-1. The molecule has 0 rings (SSSR count). The zero-order chi connectivity index (χ0) is 9.15. The van der Waals surface area contributed by atoms with Gasteiger partial charge in [0.25, 0.3) is 11.9 Å². The number of nitrogens with zero attached hydrogens (tertiary/aromatic N) is 1. The third-order valence-electron chi connectivity index (χ3n) is 0. The van der Waals surface area contributed by atoms with Crippen LogP contribution in [0.2, 0.25) is 0 Å². The Hall–Kier alpha value is -1.57. The smallest absolute Gasteiger partial charge is 0.300 e. The van der Waals surface area contributed by atoms with Gasteiger partial charge in [-0.15, -0.1) is 0 Å². The van der Waals surface area contributed by atoms with Crippen LogP contribution in [0.15, 0.2) is 0 Å². The van der Waals surface area contributed by atoms with Crippen LogP contribution >= 0.6 is 0 Å². The van der Waals surface area contributed by atoms with Gasteiger partial charge in [0, 0.05) is 13.8 Å². The highest BCUT2D eigenvalue weighted by Crippen LogP contribution is 1.42. The molecule has 0 fully saturated rings. The Labute approximate surface area is 58.5 Å². The van der Waals surface area contributed by atoms with Gasteiger partial charge in [-0.1, -0.05) is 0 Å². The fourth-order valence-corrected chi connectivity index (χ4v) is 0. The lowest BCUT2D eigenvalue weighted by Gasteiger charge is -1.59. The summed E-state index contributed by atoms with van der Waals surface area (Å²) in [6.45, 7) is 6.92. The van der Waals surface area contributed by atoms with Gasteiger partial charge in [0.15, 0.2) is 0 Å². The van der Waals surface area contributed by atoms with Crippen molar-refractivity contribution in [3.05, 3.63) is 6.57 Å². The average molecular weight is 146 g/mol. The van der Waals surface area contributed by atoms with Gasteiger partial charge < -0.3 is 22.0 Å². The molecule has 0 aromatic heterocycles.